The van der Waals surface area contributed by atoms with Gasteiger partial charge < -0.3 is 24.7 Å². The number of furan rings is 1. The van der Waals surface area contributed by atoms with E-state index in [9.17, 15) is 4.79 Å². The van der Waals surface area contributed by atoms with Crippen LogP contribution < -0.4 is 10.6 Å². The van der Waals surface area contributed by atoms with E-state index in [0.29, 0.717) is 12.6 Å². The van der Waals surface area contributed by atoms with Gasteiger partial charge in [-0.3, -0.25) is 9.79 Å². The molecular weight excluding hydrogens is 423 g/mol. The quantitative estimate of drug-likeness (QED) is 0.391. The molecule has 2 rings (SSSR count). The van der Waals surface area contributed by atoms with Gasteiger partial charge >= 0.3 is 0 Å². The van der Waals surface area contributed by atoms with Crippen LogP contribution in [0, 0.1) is 0 Å². The summed E-state index contributed by atoms with van der Waals surface area (Å²) in [5, 5.41) is 5.91. The molecule has 7 nitrogen and oxygen atoms in total. The Hall–Kier alpha value is -1.29. The zero-order valence-electron chi connectivity index (χ0n) is 14.3. The standard InChI is InChI=1S/C16H26N4O3.HI/c1-3-22-13-6-8-20(9-7-13)16(17-2)19-12-15(21)18-11-14-5-4-10-23-14;/h4-5,10,13H,3,6-9,11-12H2,1-2H3,(H,17,19)(H,18,21);1H. The van der Waals surface area contributed by atoms with Gasteiger partial charge in [-0.2, -0.15) is 0 Å². The van der Waals surface area contributed by atoms with Crippen molar-refractivity contribution in [3.8, 4) is 0 Å². The van der Waals surface area contributed by atoms with Gasteiger partial charge in [0.15, 0.2) is 5.96 Å². The van der Waals surface area contributed by atoms with Crippen LogP contribution >= 0.6 is 24.0 Å². The van der Waals surface area contributed by atoms with Gasteiger partial charge in [0.1, 0.15) is 5.76 Å². The van der Waals surface area contributed by atoms with Gasteiger partial charge in [0.2, 0.25) is 5.91 Å². The molecule has 1 aromatic heterocycles. The molecule has 1 aliphatic rings. The summed E-state index contributed by atoms with van der Waals surface area (Å²) in [6.45, 7) is 5.14. The van der Waals surface area contributed by atoms with E-state index in [4.69, 9.17) is 9.15 Å². The highest BCUT2D eigenvalue weighted by Crippen LogP contribution is 2.13. The van der Waals surface area contributed by atoms with E-state index < -0.39 is 0 Å². The van der Waals surface area contributed by atoms with Crippen LogP contribution in [0.4, 0.5) is 0 Å². The molecule has 1 fully saturated rings. The number of hydrogen-bond acceptors (Lipinski definition) is 4. The van der Waals surface area contributed by atoms with E-state index in [1.165, 1.54) is 0 Å². The first kappa shape index (κ1) is 20.8. The number of piperidine rings is 1. The summed E-state index contributed by atoms with van der Waals surface area (Å²) >= 11 is 0. The van der Waals surface area contributed by atoms with Gasteiger partial charge in [-0.25, -0.2) is 0 Å². The maximum Gasteiger partial charge on any atom is 0.239 e. The molecule has 1 aliphatic heterocycles. The first-order chi connectivity index (χ1) is 11.2. The van der Waals surface area contributed by atoms with Crippen LogP contribution in [0.1, 0.15) is 25.5 Å². The van der Waals surface area contributed by atoms with Crippen molar-refractivity contribution in [3.05, 3.63) is 24.2 Å². The fourth-order valence-corrected chi connectivity index (χ4v) is 2.62. The van der Waals surface area contributed by atoms with E-state index in [1.54, 1.807) is 19.4 Å². The van der Waals surface area contributed by atoms with E-state index >= 15 is 0 Å². The smallest absolute Gasteiger partial charge is 0.239 e. The predicted molar refractivity (Wildman–Crippen MR) is 104 cm³/mol. The third-order valence-electron chi connectivity index (χ3n) is 3.80. The molecule has 0 unspecified atom stereocenters. The van der Waals surface area contributed by atoms with Crippen molar-refractivity contribution in [3.63, 3.8) is 0 Å². The molecule has 1 amide bonds. The van der Waals surface area contributed by atoms with Crippen molar-refractivity contribution in [2.24, 2.45) is 4.99 Å². The zero-order chi connectivity index (χ0) is 16.5. The molecule has 0 atom stereocenters. The second-order valence-corrected chi connectivity index (χ2v) is 5.40. The lowest BCUT2D eigenvalue weighted by molar-refractivity contribution is -0.120. The second kappa shape index (κ2) is 11.3. The topological polar surface area (TPSA) is 79.1 Å². The number of carbonyl (C=O) groups excluding carboxylic acids is 1. The summed E-state index contributed by atoms with van der Waals surface area (Å²) in [4.78, 5) is 18.3. The Kier molecular flexibility index (Phi) is 9.77. The summed E-state index contributed by atoms with van der Waals surface area (Å²) in [5.74, 6) is 1.40. The number of amides is 1. The highest BCUT2D eigenvalue weighted by atomic mass is 127. The van der Waals surface area contributed by atoms with Crippen LogP contribution in [-0.2, 0) is 16.1 Å². The molecule has 0 aromatic carbocycles. The SMILES string of the molecule is CCOC1CCN(C(=NC)NCC(=O)NCc2ccco2)CC1.I. The Morgan fingerprint density at radius 2 is 2.17 bits per heavy atom. The molecule has 8 heteroatoms. The monoisotopic (exact) mass is 450 g/mol. The van der Waals surface area contributed by atoms with E-state index in [2.05, 4.69) is 20.5 Å². The Balaban J connectivity index is 0.00000288. The van der Waals surface area contributed by atoms with Gasteiger partial charge in [0.25, 0.3) is 0 Å². The number of nitrogens with zero attached hydrogens (tertiary/aromatic N) is 2. The maximum atomic E-state index is 11.9. The molecule has 1 saturated heterocycles. The van der Waals surface area contributed by atoms with Crippen molar-refractivity contribution in [1.82, 2.24) is 15.5 Å². The van der Waals surface area contributed by atoms with Crippen LogP contribution in [0.5, 0.6) is 0 Å². The van der Waals surface area contributed by atoms with Crippen molar-refractivity contribution in [2.75, 3.05) is 33.3 Å². The average Bonchev–Trinajstić information content (AvgIpc) is 3.09. The fraction of sp³-hybridized carbons (Fsp3) is 0.625. The number of likely N-dealkylation sites (tertiary alicyclic amines) is 1. The predicted octanol–water partition coefficient (Wildman–Crippen LogP) is 1.59. The van der Waals surface area contributed by atoms with E-state index in [-0.39, 0.29) is 36.4 Å². The third kappa shape index (κ3) is 6.68. The minimum Gasteiger partial charge on any atom is -0.467 e. The highest BCUT2D eigenvalue weighted by Gasteiger charge is 2.21. The number of guanidine groups is 1. The van der Waals surface area contributed by atoms with Gasteiger partial charge in [0.05, 0.1) is 25.5 Å². The molecule has 1 aromatic rings. The lowest BCUT2D eigenvalue weighted by Gasteiger charge is -2.33. The number of halogens is 1. The van der Waals surface area contributed by atoms with E-state index in [0.717, 1.165) is 44.3 Å². The van der Waals surface area contributed by atoms with Gasteiger partial charge in [0, 0.05) is 26.7 Å². The lowest BCUT2D eigenvalue weighted by Crippen LogP contribution is -2.49. The van der Waals surface area contributed by atoms with Gasteiger partial charge in [-0.05, 0) is 31.9 Å². The lowest BCUT2D eigenvalue weighted by atomic mass is 10.1. The molecule has 0 saturated carbocycles. The minimum atomic E-state index is -0.0910. The van der Waals surface area contributed by atoms with Crippen molar-refractivity contribution in [2.45, 2.75) is 32.4 Å². The summed E-state index contributed by atoms with van der Waals surface area (Å²) in [5.41, 5.74) is 0. The van der Waals surface area contributed by atoms with Crippen molar-refractivity contribution >= 4 is 35.8 Å². The number of rotatable bonds is 6. The summed E-state index contributed by atoms with van der Waals surface area (Å²) in [7, 11) is 1.73. The Bertz CT molecular complexity index is 499. The van der Waals surface area contributed by atoms with Crippen LogP contribution in [0.3, 0.4) is 0 Å². The molecule has 136 valence electrons. The number of carbonyl (C=O) groups is 1. The molecular formula is C16H27IN4O3. The largest absolute Gasteiger partial charge is 0.467 e. The third-order valence-corrected chi connectivity index (χ3v) is 3.80. The Labute approximate surface area is 160 Å². The normalized spacial score (nSPS) is 15.8. The summed E-state index contributed by atoms with van der Waals surface area (Å²) < 4.78 is 10.8. The summed E-state index contributed by atoms with van der Waals surface area (Å²) in [6, 6.07) is 3.63. The molecule has 0 radical (unpaired) electrons. The second-order valence-electron chi connectivity index (χ2n) is 5.40. The maximum absolute atomic E-state index is 11.9. The molecule has 0 aliphatic carbocycles. The molecule has 2 N–H and O–H groups in total. The zero-order valence-corrected chi connectivity index (χ0v) is 16.6. The van der Waals surface area contributed by atoms with Crippen LogP contribution in [0.2, 0.25) is 0 Å². The van der Waals surface area contributed by atoms with Crippen LogP contribution in [0.25, 0.3) is 0 Å². The first-order valence-corrected chi connectivity index (χ1v) is 8.09. The molecule has 0 bridgehead atoms. The van der Waals surface area contributed by atoms with Gasteiger partial charge in [-0.15, -0.1) is 24.0 Å². The fourth-order valence-electron chi connectivity index (χ4n) is 2.62. The molecule has 2 heterocycles. The number of ether oxygens (including phenoxy) is 1. The highest BCUT2D eigenvalue weighted by molar-refractivity contribution is 14.0. The molecule has 0 spiro atoms. The number of nitrogens with one attached hydrogen (secondary N) is 2. The van der Waals surface area contributed by atoms with Crippen LogP contribution in [0.15, 0.2) is 27.8 Å². The van der Waals surface area contributed by atoms with Crippen molar-refractivity contribution < 1.29 is 13.9 Å². The van der Waals surface area contributed by atoms with E-state index in [1.807, 2.05) is 13.0 Å². The number of aliphatic imine (C=N–C) groups is 1. The van der Waals surface area contributed by atoms with Crippen LogP contribution in [-0.4, -0.2) is 56.2 Å². The average molecular weight is 450 g/mol. The van der Waals surface area contributed by atoms with Gasteiger partial charge in [-0.1, -0.05) is 0 Å². The number of hydrogen-bond donors (Lipinski definition) is 2. The molecule has 24 heavy (non-hydrogen) atoms. The Morgan fingerprint density at radius 3 is 2.75 bits per heavy atom. The van der Waals surface area contributed by atoms with Crippen molar-refractivity contribution in [1.29, 1.82) is 0 Å². The minimum absolute atomic E-state index is 0. The Morgan fingerprint density at radius 1 is 1.42 bits per heavy atom. The summed E-state index contributed by atoms with van der Waals surface area (Å²) in [6.07, 6.45) is 3.90. The first-order valence-electron chi connectivity index (χ1n) is 8.09.